The summed E-state index contributed by atoms with van der Waals surface area (Å²) in [4.78, 5) is 0. The summed E-state index contributed by atoms with van der Waals surface area (Å²) in [5.74, 6) is 1.38. The van der Waals surface area contributed by atoms with Crippen LogP contribution in [0.1, 0.15) is 13.3 Å². The molecule has 0 saturated carbocycles. The molecule has 0 radical (unpaired) electrons. The van der Waals surface area contributed by atoms with Gasteiger partial charge in [0.25, 0.3) is 5.84 Å². The summed E-state index contributed by atoms with van der Waals surface area (Å²) >= 11 is 0. The molecule has 2 rings (SSSR count). The molecule has 2 heterocycles. The minimum atomic E-state index is 0.245. The first-order chi connectivity index (χ1) is 4.29. The van der Waals surface area contributed by atoms with Crippen LogP contribution >= 0.6 is 0 Å². The van der Waals surface area contributed by atoms with Crippen LogP contribution in [0.4, 0.5) is 0 Å². The molecule has 1 N–H and O–H groups in total. The van der Waals surface area contributed by atoms with E-state index in [0.717, 1.165) is 23.5 Å². The molecule has 0 amide bonds. The van der Waals surface area contributed by atoms with Gasteiger partial charge < -0.3 is 5.21 Å². The number of hydrogen-bond acceptors (Lipinski definition) is 2. The number of rotatable bonds is 0. The molecule has 50 valence electrons. The zero-order chi connectivity index (χ0) is 6.43. The van der Waals surface area contributed by atoms with E-state index in [9.17, 15) is 5.21 Å². The minimum Gasteiger partial charge on any atom is -0.715 e. The van der Waals surface area contributed by atoms with Gasteiger partial charge in [-0.3, -0.25) is 10.1 Å². The van der Waals surface area contributed by atoms with Gasteiger partial charge in [0.1, 0.15) is 12.6 Å². The van der Waals surface area contributed by atoms with Crippen LogP contribution in [0.25, 0.3) is 0 Å². The van der Waals surface area contributed by atoms with E-state index in [-0.39, 0.29) is 6.04 Å². The Hall–Kier alpha value is -0.730. The van der Waals surface area contributed by atoms with Gasteiger partial charge >= 0.3 is 0 Å². The predicted octanol–water partition coefficient (Wildman–Crippen LogP) is -0.0932. The number of amidine groups is 1. The first-order valence-electron chi connectivity index (χ1n) is 3.36. The van der Waals surface area contributed by atoms with Crippen molar-refractivity contribution in [2.75, 3.05) is 6.54 Å². The van der Waals surface area contributed by atoms with Crippen molar-refractivity contribution in [1.82, 2.24) is 5.32 Å². The molecule has 2 aliphatic heterocycles. The lowest BCUT2D eigenvalue weighted by molar-refractivity contribution is -0.480. The standard InChI is InChI=1S/C6H10N2O/c1-4-2-5-3-7-6(4)8(5)9/h4-5,7H,2-3H2,1H3. The molecule has 0 aromatic heterocycles. The maximum Gasteiger partial charge on any atom is 0.251 e. The van der Waals surface area contributed by atoms with E-state index >= 15 is 0 Å². The third-order valence-corrected chi connectivity index (χ3v) is 2.18. The summed E-state index contributed by atoms with van der Waals surface area (Å²) in [6.07, 6.45) is 1.05. The molecule has 0 aliphatic carbocycles. The quantitative estimate of drug-likeness (QED) is 0.364. The van der Waals surface area contributed by atoms with Gasteiger partial charge in [-0.25, -0.2) is 0 Å². The molecule has 9 heavy (non-hydrogen) atoms. The molecule has 2 atom stereocenters. The van der Waals surface area contributed by atoms with E-state index in [0.29, 0.717) is 5.92 Å². The van der Waals surface area contributed by atoms with Crippen molar-refractivity contribution >= 4 is 5.84 Å². The summed E-state index contributed by atoms with van der Waals surface area (Å²) in [6.45, 7) is 2.95. The third kappa shape index (κ3) is 0.491. The van der Waals surface area contributed by atoms with E-state index in [4.69, 9.17) is 0 Å². The summed E-state index contributed by atoms with van der Waals surface area (Å²) in [5, 5.41) is 14.1. The fourth-order valence-electron chi connectivity index (χ4n) is 1.67. The van der Waals surface area contributed by atoms with E-state index in [2.05, 4.69) is 12.2 Å². The van der Waals surface area contributed by atoms with E-state index in [1.807, 2.05) is 0 Å². The zero-order valence-electron chi connectivity index (χ0n) is 5.42. The second kappa shape index (κ2) is 1.40. The molecular weight excluding hydrogens is 116 g/mol. The Morgan fingerprint density at radius 1 is 1.78 bits per heavy atom. The van der Waals surface area contributed by atoms with Gasteiger partial charge in [0, 0.05) is 6.42 Å². The second-order valence-corrected chi connectivity index (χ2v) is 2.88. The SMILES string of the molecule is CC1CC2CNC1=[N+]2[O-]. The molecule has 3 nitrogen and oxygen atoms in total. The Bertz CT molecular complexity index is 176. The number of nitrogens with zero attached hydrogens (tertiary/aromatic N) is 1. The molecule has 2 bridgehead atoms. The van der Waals surface area contributed by atoms with Gasteiger partial charge in [0.05, 0.1) is 5.92 Å². The van der Waals surface area contributed by atoms with E-state index in [1.54, 1.807) is 0 Å². The van der Waals surface area contributed by atoms with Crippen LogP contribution in [0.2, 0.25) is 0 Å². The van der Waals surface area contributed by atoms with Gasteiger partial charge in [0.15, 0.2) is 0 Å². The fraction of sp³-hybridized carbons (Fsp3) is 0.833. The molecule has 0 aromatic carbocycles. The van der Waals surface area contributed by atoms with Crippen molar-refractivity contribution < 1.29 is 4.74 Å². The zero-order valence-corrected chi connectivity index (χ0v) is 5.42. The normalized spacial score (nSPS) is 39.7. The highest BCUT2D eigenvalue weighted by molar-refractivity contribution is 5.82. The van der Waals surface area contributed by atoms with Crippen LogP contribution in [-0.4, -0.2) is 23.2 Å². The lowest BCUT2D eigenvalue weighted by Gasteiger charge is -2.08. The Morgan fingerprint density at radius 2 is 2.56 bits per heavy atom. The first-order valence-corrected chi connectivity index (χ1v) is 3.36. The maximum absolute atomic E-state index is 11.0. The van der Waals surface area contributed by atoms with Crippen molar-refractivity contribution in [3.05, 3.63) is 5.21 Å². The lowest BCUT2D eigenvalue weighted by Crippen LogP contribution is -2.32. The van der Waals surface area contributed by atoms with Crippen molar-refractivity contribution in [2.24, 2.45) is 5.92 Å². The molecule has 2 aliphatic rings. The summed E-state index contributed by atoms with van der Waals surface area (Å²) in [6, 6.07) is 0.245. The van der Waals surface area contributed by atoms with E-state index in [1.165, 1.54) is 0 Å². The lowest BCUT2D eigenvalue weighted by atomic mass is 10.0. The van der Waals surface area contributed by atoms with Gasteiger partial charge in [0.2, 0.25) is 0 Å². The number of hydrogen-bond donors (Lipinski definition) is 1. The van der Waals surface area contributed by atoms with Crippen LogP contribution in [-0.2, 0) is 0 Å². The molecular formula is C6H10N2O. The number of fused-ring (bicyclic) bond motifs is 1. The Labute approximate surface area is 54.0 Å². The average Bonchev–Trinajstić information content (AvgIpc) is 2.25. The van der Waals surface area contributed by atoms with E-state index < -0.39 is 0 Å². The molecule has 0 saturated heterocycles. The summed E-state index contributed by atoms with van der Waals surface area (Å²) in [7, 11) is 0. The van der Waals surface area contributed by atoms with Gasteiger partial charge in [-0.05, 0) is 0 Å². The summed E-state index contributed by atoms with van der Waals surface area (Å²) in [5.41, 5.74) is 0. The molecule has 0 spiro atoms. The second-order valence-electron chi connectivity index (χ2n) is 2.88. The van der Waals surface area contributed by atoms with Crippen LogP contribution in [0.15, 0.2) is 0 Å². The smallest absolute Gasteiger partial charge is 0.251 e. The summed E-state index contributed by atoms with van der Waals surface area (Å²) < 4.78 is 1.13. The van der Waals surface area contributed by atoms with Crippen molar-refractivity contribution in [3.63, 3.8) is 0 Å². The Morgan fingerprint density at radius 3 is 2.78 bits per heavy atom. The van der Waals surface area contributed by atoms with Crippen molar-refractivity contribution in [3.8, 4) is 0 Å². The van der Waals surface area contributed by atoms with Crippen LogP contribution in [0.5, 0.6) is 0 Å². The topological polar surface area (TPSA) is 38.1 Å². The highest BCUT2D eigenvalue weighted by atomic mass is 16.5. The maximum atomic E-state index is 11.0. The largest absolute Gasteiger partial charge is 0.715 e. The minimum absolute atomic E-state index is 0.245. The van der Waals surface area contributed by atoms with Gasteiger partial charge in [-0.15, -0.1) is 0 Å². The number of piperidine rings is 1. The predicted molar refractivity (Wildman–Crippen MR) is 34.2 cm³/mol. The molecule has 0 aromatic rings. The van der Waals surface area contributed by atoms with Crippen LogP contribution in [0, 0.1) is 11.1 Å². The van der Waals surface area contributed by atoms with Gasteiger partial charge in [-0.2, -0.15) is 0 Å². The monoisotopic (exact) mass is 126 g/mol. The van der Waals surface area contributed by atoms with Crippen molar-refractivity contribution in [1.29, 1.82) is 0 Å². The first kappa shape index (κ1) is 5.09. The third-order valence-electron chi connectivity index (χ3n) is 2.18. The van der Waals surface area contributed by atoms with Crippen molar-refractivity contribution in [2.45, 2.75) is 19.4 Å². The highest BCUT2D eigenvalue weighted by Gasteiger charge is 2.39. The molecule has 0 fully saturated rings. The molecule has 2 unspecified atom stereocenters. The highest BCUT2D eigenvalue weighted by Crippen LogP contribution is 2.21. The number of hydroxylamine groups is 1. The Balaban J connectivity index is 2.33. The van der Waals surface area contributed by atoms with Crippen LogP contribution in [0.3, 0.4) is 0 Å². The number of nitrogens with one attached hydrogen (secondary N) is 1. The Kier molecular flexibility index (Phi) is 0.793. The van der Waals surface area contributed by atoms with Gasteiger partial charge in [-0.1, -0.05) is 6.92 Å². The molecule has 3 heteroatoms. The van der Waals surface area contributed by atoms with Crippen LogP contribution < -0.4 is 5.32 Å². The fourth-order valence-corrected chi connectivity index (χ4v) is 1.67. The average molecular weight is 126 g/mol.